The molecule has 1 saturated heterocycles. The average Bonchev–Trinajstić information content (AvgIpc) is 2.40. The van der Waals surface area contributed by atoms with E-state index >= 15 is 0 Å². The molecule has 0 radical (unpaired) electrons. The molecule has 5 heteroatoms. The van der Waals surface area contributed by atoms with Crippen LogP contribution in [-0.2, 0) is 13.0 Å². The van der Waals surface area contributed by atoms with E-state index in [0.717, 1.165) is 56.0 Å². The summed E-state index contributed by atoms with van der Waals surface area (Å²) in [4.78, 5) is 19.6. The van der Waals surface area contributed by atoms with Gasteiger partial charge in [0.15, 0.2) is 0 Å². The zero-order valence-electron chi connectivity index (χ0n) is 9.88. The average molecular weight is 234 g/mol. The van der Waals surface area contributed by atoms with Crippen LogP contribution >= 0.6 is 0 Å². The first-order valence-corrected chi connectivity index (χ1v) is 6.38. The van der Waals surface area contributed by atoms with E-state index in [4.69, 9.17) is 0 Å². The predicted octanol–water partition coefficient (Wildman–Crippen LogP) is -0.117. The van der Waals surface area contributed by atoms with Gasteiger partial charge in [0.1, 0.15) is 5.82 Å². The molecule has 1 aromatic heterocycles. The quantitative estimate of drug-likeness (QED) is 0.634. The molecule has 0 aromatic carbocycles. The Morgan fingerprint density at radius 3 is 3.00 bits per heavy atom. The van der Waals surface area contributed by atoms with E-state index in [-0.39, 0.29) is 5.56 Å². The molecule has 3 rings (SSSR count). The zero-order valence-corrected chi connectivity index (χ0v) is 9.88. The standard InChI is InChI=1S/C12H18N4O/c17-12-9-7-14-5-3-10(9)15-11(16-12)8-2-1-4-13-6-8/h8,13-14H,1-7H2,(H,15,16,17). The van der Waals surface area contributed by atoms with Gasteiger partial charge < -0.3 is 15.6 Å². The van der Waals surface area contributed by atoms with Crippen molar-refractivity contribution in [2.75, 3.05) is 19.6 Å². The van der Waals surface area contributed by atoms with Crippen LogP contribution in [0, 0.1) is 0 Å². The molecule has 17 heavy (non-hydrogen) atoms. The van der Waals surface area contributed by atoms with Gasteiger partial charge in [-0.2, -0.15) is 0 Å². The van der Waals surface area contributed by atoms with Crippen LogP contribution in [0.3, 0.4) is 0 Å². The smallest absolute Gasteiger partial charge is 0.255 e. The second kappa shape index (κ2) is 4.58. The fourth-order valence-electron chi connectivity index (χ4n) is 2.65. The van der Waals surface area contributed by atoms with Gasteiger partial charge in [-0.25, -0.2) is 4.98 Å². The normalized spacial score (nSPS) is 24.4. The minimum absolute atomic E-state index is 0.0442. The van der Waals surface area contributed by atoms with Gasteiger partial charge in [-0.15, -0.1) is 0 Å². The summed E-state index contributed by atoms with van der Waals surface area (Å²) >= 11 is 0. The van der Waals surface area contributed by atoms with Gasteiger partial charge in [-0.05, 0) is 19.4 Å². The fraction of sp³-hybridized carbons (Fsp3) is 0.667. The Hall–Kier alpha value is -1.20. The van der Waals surface area contributed by atoms with Crippen molar-refractivity contribution in [3.63, 3.8) is 0 Å². The maximum atomic E-state index is 12.0. The molecule has 0 amide bonds. The van der Waals surface area contributed by atoms with Crippen LogP contribution < -0.4 is 16.2 Å². The highest BCUT2D eigenvalue weighted by molar-refractivity contribution is 5.21. The number of aromatic nitrogens is 2. The number of nitrogens with zero attached hydrogens (tertiary/aromatic N) is 1. The molecule has 1 fully saturated rings. The van der Waals surface area contributed by atoms with E-state index < -0.39 is 0 Å². The van der Waals surface area contributed by atoms with Gasteiger partial charge in [0.2, 0.25) is 0 Å². The highest BCUT2D eigenvalue weighted by Gasteiger charge is 2.21. The molecular weight excluding hydrogens is 216 g/mol. The predicted molar refractivity (Wildman–Crippen MR) is 65.1 cm³/mol. The third-order valence-corrected chi connectivity index (χ3v) is 3.64. The summed E-state index contributed by atoms with van der Waals surface area (Å²) in [5, 5.41) is 6.57. The van der Waals surface area contributed by atoms with Gasteiger partial charge in [-0.3, -0.25) is 4.79 Å². The molecule has 5 nitrogen and oxygen atoms in total. The van der Waals surface area contributed by atoms with E-state index in [1.165, 1.54) is 0 Å². The van der Waals surface area contributed by atoms with Crippen LogP contribution in [0.5, 0.6) is 0 Å². The van der Waals surface area contributed by atoms with Gasteiger partial charge >= 0.3 is 0 Å². The molecular formula is C12H18N4O. The highest BCUT2D eigenvalue weighted by Crippen LogP contribution is 2.20. The minimum atomic E-state index is 0.0442. The van der Waals surface area contributed by atoms with E-state index in [0.29, 0.717) is 12.5 Å². The number of hydrogen-bond acceptors (Lipinski definition) is 4. The Labute approximate surface area is 100 Å². The Morgan fingerprint density at radius 1 is 1.24 bits per heavy atom. The number of H-pyrrole nitrogens is 1. The molecule has 2 aliphatic heterocycles. The second-order valence-electron chi connectivity index (χ2n) is 4.85. The lowest BCUT2D eigenvalue weighted by Gasteiger charge is -2.23. The van der Waals surface area contributed by atoms with Crippen LogP contribution in [-0.4, -0.2) is 29.6 Å². The molecule has 0 bridgehead atoms. The molecule has 0 saturated carbocycles. The van der Waals surface area contributed by atoms with E-state index in [1.54, 1.807) is 0 Å². The molecule has 2 aliphatic rings. The van der Waals surface area contributed by atoms with E-state index in [2.05, 4.69) is 20.6 Å². The topological polar surface area (TPSA) is 69.8 Å². The summed E-state index contributed by atoms with van der Waals surface area (Å²) in [6, 6.07) is 0. The molecule has 0 spiro atoms. The van der Waals surface area contributed by atoms with Crippen molar-refractivity contribution >= 4 is 0 Å². The highest BCUT2D eigenvalue weighted by atomic mass is 16.1. The van der Waals surface area contributed by atoms with Crippen molar-refractivity contribution in [2.24, 2.45) is 0 Å². The molecule has 0 aliphatic carbocycles. The number of rotatable bonds is 1. The SMILES string of the molecule is O=c1[nH]c(C2CCCNC2)nc2c1CNCC2. The van der Waals surface area contributed by atoms with Crippen LogP contribution in [0.2, 0.25) is 0 Å². The Balaban J connectivity index is 1.95. The van der Waals surface area contributed by atoms with Crippen molar-refractivity contribution < 1.29 is 0 Å². The second-order valence-corrected chi connectivity index (χ2v) is 4.85. The maximum absolute atomic E-state index is 12.0. The maximum Gasteiger partial charge on any atom is 0.255 e. The van der Waals surface area contributed by atoms with Crippen LogP contribution in [0.1, 0.15) is 35.8 Å². The van der Waals surface area contributed by atoms with Crippen LogP contribution in [0.4, 0.5) is 0 Å². The Kier molecular flexibility index (Phi) is 2.94. The lowest BCUT2D eigenvalue weighted by molar-refractivity contribution is 0.442. The largest absolute Gasteiger partial charge is 0.316 e. The molecule has 3 N–H and O–H groups in total. The van der Waals surface area contributed by atoms with Gasteiger partial charge in [-0.1, -0.05) is 0 Å². The summed E-state index contributed by atoms with van der Waals surface area (Å²) in [5.41, 5.74) is 1.86. The van der Waals surface area contributed by atoms with Crippen molar-refractivity contribution in [1.82, 2.24) is 20.6 Å². The third-order valence-electron chi connectivity index (χ3n) is 3.64. The lowest BCUT2D eigenvalue weighted by atomic mass is 9.98. The first kappa shape index (κ1) is 10.9. The first-order chi connectivity index (χ1) is 8.34. The summed E-state index contributed by atoms with van der Waals surface area (Å²) in [6.45, 7) is 3.59. The molecule has 1 atom stereocenters. The van der Waals surface area contributed by atoms with Crippen molar-refractivity contribution in [3.8, 4) is 0 Å². The van der Waals surface area contributed by atoms with E-state index in [1.807, 2.05) is 0 Å². The number of aromatic amines is 1. The van der Waals surface area contributed by atoms with Crippen LogP contribution in [0.15, 0.2) is 4.79 Å². The summed E-state index contributed by atoms with van der Waals surface area (Å²) < 4.78 is 0. The van der Waals surface area contributed by atoms with Gasteiger partial charge in [0.05, 0.1) is 11.3 Å². The zero-order chi connectivity index (χ0) is 11.7. The third kappa shape index (κ3) is 2.12. The lowest BCUT2D eigenvalue weighted by Crippen LogP contribution is -2.35. The number of nitrogens with one attached hydrogen (secondary N) is 3. The summed E-state index contributed by atoms with van der Waals surface area (Å²) in [6.07, 6.45) is 3.15. The Morgan fingerprint density at radius 2 is 2.18 bits per heavy atom. The molecule has 1 unspecified atom stereocenters. The number of fused-ring (bicyclic) bond motifs is 1. The Bertz CT molecular complexity index is 462. The minimum Gasteiger partial charge on any atom is -0.316 e. The fourth-order valence-corrected chi connectivity index (χ4v) is 2.65. The first-order valence-electron chi connectivity index (χ1n) is 6.38. The van der Waals surface area contributed by atoms with Crippen LogP contribution in [0.25, 0.3) is 0 Å². The molecule has 3 heterocycles. The number of piperidine rings is 1. The molecule has 1 aromatic rings. The van der Waals surface area contributed by atoms with Crippen molar-refractivity contribution in [3.05, 3.63) is 27.4 Å². The monoisotopic (exact) mass is 234 g/mol. The number of hydrogen-bond donors (Lipinski definition) is 3. The summed E-state index contributed by atoms with van der Waals surface area (Å²) in [5.74, 6) is 1.25. The molecule has 92 valence electrons. The van der Waals surface area contributed by atoms with Gasteiger partial charge in [0, 0.05) is 32.0 Å². The van der Waals surface area contributed by atoms with Crippen molar-refractivity contribution in [1.29, 1.82) is 0 Å². The van der Waals surface area contributed by atoms with E-state index in [9.17, 15) is 4.79 Å². The van der Waals surface area contributed by atoms with Gasteiger partial charge in [0.25, 0.3) is 5.56 Å². The van der Waals surface area contributed by atoms with Crippen molar-refractivity contribution in [2.45, 2.75) is 31.7 Å². The summed E-state index contributed by atoms with van der Waals surface area (Å²) in [7, 11) is 0.